The number of halogens is 1. The normalized spacial score (nSPS) is 12.1. The number of ether oxygens (including phenoxy) is 1. The first-order valence-corrected chi connectivity index (χ1v) is 15.3. The molecule has 0 aliphatic heterocycles. The summed E-state index contributed by atoms with van der Waals surface area (Å²) < 4.78 is 34.3. The third-order valence-electron chi connectivity index (χ3n) is 6.60. The van der Waals surface area contributed by atoms with Crippen molar-refractivity contribution in [2.75, 3.05) is 24.5 Å². The first-order valence-electron chi connectivity index (χ1n) is 13.5. The Hall–Kier alpha value is -3.56. The number of amides is 2. The lowest BCUT2D eigenvalue weighted by Gasteiger charge is -2.33. The van der Waals surface area contributed by atoms with Gasteiger partial charge in [-0.3, -0.25) is 13.9 Å². The predicted molar refractivity (Wildman–Crippen MR) is 163 cm³/mol. The highest BCUT2D eigenvalue weighted by Crippen LogP contribution is 2.28. The lowest BCUT2D eigenvalue weighted by atomic mass is 10.1. The van der Waals surface area contributed by atoms with E-state index in [1.165, 1.54) is 24.1 Å². The van der Waals surface area contributed by atoms with Crippen molar-refractivity contribution in [3.63, 3.8) is 0 Å². The lowest BCUT2D eigenvalue weighted by molar-refractivity contribution is -0.140. The monoisotopic (exact) mass is 599 g/mol. The zero-order valence-corrected chi connectivity index (χ0v) is 25.7. The molecule has 1 N–H and O–H groups in total. The Morgan fingerprint density at radius 3 is 2.29 bits per heavy atom. The van der Waals surface area contributed by atoms with Gasteiger partial charge >= 0.3 is 0 Å². The fourth-order valence-electron chi connectivity index (χ4n) is 4.28. The maximum atomic E-state index is 14.1. The van der Waals surface area contributed by atoms with Crippen LogP contribution in [0.5, 0.6) is 5.75 Å². The summed E-state index contributed by atoms with van der Waals surface area (Å²) >= 11 is 6.44. The zero-order chi connectivity index (χ0) is 30.2. The number of carbonyl (C=O) groups excluding carboxylic acids is 2. The van der Waals surface area contributed by atoms with Crippen LogP contribution in [0.2, 0.25) is 5.02 Å². The van der Waals surface area contributed by atoms with Crippen molar-refractivity contribution in [3.05, 3.63) is 88.9 Å². The third kappa shape index (κ3) is 8.24. The molecule has 0 fully saturated rings. The molecule has 0 saturated heterocycles. The Morgan fingerprint density at radius 1 is 1.00 bits per heavy atom. The van der Waals surface area contributed by atoms with Gasteiger partial charge < -0.3 is 15.0 Å². The van der Waals surface area contributed by atoms with Gasteiger partial charge in [0.25, 0.3) is 10.0 Å². The van der Waals surface area contributed by atoms with Gasteiger partial charge in [0.15, 0.2) is 0 Å². The van der Waals surface area contributed by atoms with Crippen molar-refractivity contribution in [1.29, 1.82) is 0 Å². The van der Waals surface area contributed by atoms with Crippen LogP contribution in [0.1, 0.15) is 38.3 Å². The SMILES string of the molecule is CCC(C(=O)NCC(C)C)N(Cc1ccccc1Cl)C(=O)CN(c1cccc(OC)c1)S(=O)(=O)c1ccc(C)cc1. The summed E-state index contributed by atoms with van der Waals surface area (Å²) in [4.78, 5) is 28.9. The quantitative estimate of drug-likeness (QED) is 0.283. The molecule has 0 bridgehead atoms. The van der Waals surface area contributed by atoms with Gasteiger partial charge in [-0.15, -0.1) is 0 Å². The highest BCUT2D eigenvalue weighted by molar-refractivity contribution is 7.92. The molecule has 0 aliphatic carbocycles. The fourth-order valence-corrected chi connectivity index (χ4v) is 5.89. The summed E-state index contributed by atoms with van der Waals surface area (Å²) in [7, 11) is -2.69. The van der Waals surface area contributed by atoms with Crippen molar-refractivity contribution in [2.24, 2.45) is 5.92 Å². The number of nitrogens with one attached hydrogen (secondary N) is 1. The standard InChI is InChI=1S/C31H38ClN3O5S/c1-6-29(31(37)33-19-22(2)3)34(20-24-10-7-8-13-28(24)32)30(36)21-35(25-11-9-12-26(18-25)40-5)41(38,39)27-16-14-23(4)15-17-27/h7-18,22,29H,6,19-21H2,1-5H3,(H,33,37). The molecule has 8 nitrogen and oxygen atoms in total. The van der Waals surface area contributed by atoms with E-state index in [0.717, 1.165) is 9.87 Å². The minimum absolute atomic E-state index is 0.0304. The second-order valence-electron chi connectivity index (χ2n) is 10.2. The van der Waals surface area contributed by atoms with E-state index in [9.17, 15) is 18.0 Å². The Morgan fingerprint density at radius 2 is 1.68 bits per heavy atom. The van der Waals surface area contributed by atoms with E-state index in [2.05, 4.69) is 5.32 Å². The van der Waals surface area contributed by atoms with Crippen LogP contribution < -0.4 is 14.4 Å². The van der Waals surface area contributed by atoms with E-state index >= 15 is 0 Å². The number of anilines is 1. The molecule has 0 spiro atoms. The molecule has 0 aliphatic rings. The van der Waals surface area contributed by atoms with Gasteiger partial charge in [-0.05, 0) is 55.2 Å². The molecule has 0 heterocycles. The van der Waals surface area contributed by atoms with E-state index in [-0.39, 0.29) is 29.0 Å². The second kappa shape index (κ2) is 14.4. The molecule has 1 atom stereocenters. The van der Waals surface area contributed by atoms with Crippen LogP contribution in [0, 0.1) is 12.8 Å². The minimum atomic E-state index is -4.18. The third-order valence-corrected chi connectivity index (χ3v) is 8.75. The number of rotatable bonds is 13. The Bertz CT molecular complexity index is 1440. The van der Waals surface area contributed by atoms with Gasteiger partial charge in [-0.1, -0.05) is 74.3 Å². The van der Waals surface area contributed by atoms with Crippen LogP contribution in [0.3, 0.4) is 0 Å². The van der Waals surface area contributed by atoms with Crippen molar-refractivity contribution < 1.29 is 22.7 Å². The van der Waals surface area contributed by atoms with E-state index in [1.807, 2.05) is 27.7 Å². The van der Waals surface area contributed by atoms with Gasteiger partial charge in [0.05, 0.1) is 17.7 Å². The Kier molecular flexibility index (Phi) is 11.2. The molecule has 0 radical (unpaired) electrons. The molecular weight excluding hydrogens is 562 g/mol. The molecule has 3 rings (SSSR count). The average Bonchev–Trinajstić information content (AvgIpc) is 2.95. The van der Waals surface area contributed by atoms with Crippen LogP contribution in [0.25, 0.3) is 0 Å². The summed E-state index contributed by atoms with van der Waals surface area (Å²) in [6.45, 7) is 7.58. The van der Waals surface area contributed by atoms with Gasteiger partial charge in [-0.25, -0.2) is 8.42 Å². The summed E-state index contributed by atoms with van der Waals surface area (Å²) in [6, 6.07) is 19.2. The van der Waals surface area contributed by atoms with E-state index in [4.69, 9.17) is 16.3 Å². The fraction of sp³-hybridized carbons (Fsp3) is 0.355. The second-order valence-corrected chi connectivity index (χ2v) is 12.5. The first kappa shape index (κ1) is 32.0. The summed E-state index contributed by atoms with van der Waals surface area (Å²) in [5.74, 6) is -0.204. The number of nitrogens with zero attached hydrogens (tertiary/aromatic N) is 2. The van der Waals surface area contributed by atoms with Crippen LogP contribution >= 0.6 is 11.6 Å². The Balaban J connectivity index is 2.08. The zero-order valence-electron chi connectivity index (χ0n) is 24.1. The molecule has 0 aromatic heterocycles. The molecule has 0 saturated carbocycles. The van der Waals surface area contributed by atoms with E-state index < -0.39 is 28.5 Å². The van der Waals surface area contributed by atoms with Gasteiger partial charge in [-0.2, -0.15) is 0 Å². The van der Waals surface area contributed by atoms with E-state index in [1.54, 1.807) is 60.7 Å². The number of hydrogen-bond donors (Lipinski definition) is 1. The van der Waals surface area contributed by atoms with Crippen molar-refractivity contribution in [2.45, 2.75) is 51.6 Å². The Labute approximate surface area is 248 Å². The first-order chi connectivity index (χ1) is 19.5. The molecule has 10 heteroatoms. The lowest BCUT2D eigenvalue weighted by Crippen LogP contribution is -2.52. The van der Waals surface area contributed by atoms with Gasteiger partial charge in [0, 0.05) is 24.2 Å². The maximum absolute atomic E-state index is 14.1. The van der Waals surface area contributed by atoms with Crippen molar-refractivity contribution in [1.82, 2.24) is 10.2 Å². The largest absolute Gasteiger partial charge is 0.497 e. The smallest absolute Gasteiger partial charge is 0.264 e. The van der Waals surface area contributed by atoms with Crippen molar-refractivity contribution in [3.8, 4) is 5.75 Å². The van der Waals surface area contributed by atoms with Crippen LogP contribution in [0.15, 0.2) is 77.7 Å². The summed E-state index contributed by atoms with van der Waals surface area (Å²) in [5.41, 5.74) is 1.80. The van der Waals surface area contributed by atoms with Crippen LogP contribution in [0.4, 0.5) is 5.69 Å². The molecule has 2 amide bonds. The maximum Gasteiger partial charge on any atom is 0.264 e. The number of benzene rings is 3. The molecule has 1 unspecified atom stereocenters. The topological polar surface area (TPSA) is 96.0 Å². The van der Waals surface area contributed by atoms with Gasteiger partial charge in [0.2, 0.25) is 11.8 Å². The van der Waals surface area contributed by atoms with Crippen molar-refractivity contribution >= 4 is 39.1 Å². The predicted octanol–water partition coefficient (Wildman–Crippen LogP) is 5.43. The summed E-state index contributed by atoms with van der Waals surface area (Å²) in [5, 5.41) is 3.36. The molecule has 220 valence electrons. The minimum Gasteiger partial charge on any atom is -0.497 e. The van der Waals surface area contributed by atoms with Crippen LogP contribution in [-0.4, -0.2) is 51.4 Å². The highest BCUT2D eigenvalue weighted by atomic mass is 35.5. The van der Waals surface area contributed by atoms with Crippen LogP contribution in [-0.2, 0) is 26.2 Å². The molecule has 3 aromatic rings. The van der Waals surface area contributed by atoms with Gasteiger partial charge in [0.1, 0.15) is 18.3 Å². The number of sulfonamides is 1. The number of hydrogen-bond acceptors (Lipinski definition) is 5. The van der Waals surface area contributed by atoms with E-state index in [0.29, 0.717) is 29.3 Å². The highest BCUT2D eigenvalue weighted by Gasteiger charge is 2.34. The number of carbonyl (C=O) groups is 2. The average molecular weight is 600 g/mol. The molecular formula is C31H38ClN3O5S. The molecule has 41 heavy (non-hydrogen) atoms. The molecule has 3 aromatic carbocycles. The number of aryl methyl sites for hydroxylation is 1. The number of methoxy groups -OCH3 is 1. The summed E-state index contributed by atoms with van der Waals surface area (Å²) in [6.07, 6.45) is 0.323.